The first-order valence-corrected chi connectivity index (χ1v) is 6.81. The highest BCUT2D eigenvalue weighted by atomic mass is 79.9. The van der Waals surface area contributed by atoms with Crippen molar-refractivity contribution in [3.8, 4) is 5.75 Å². The molecule has 0 heterocycles. The van der Waals surface area contributed by atoms with Crippen LogP contribution in [0.2, 0.25) is 0 Å². The molecule has 0 saturated carbocycles. The van der Waals surface area contributed by atoms with E-state index in [2.05, 4.69) is 21.2 Å². The summed E-state index contributed by atoms with van der Waals surface area (Å²) in [5, 5.41) is 2.57. The van der Waals surface area contributed by atoms with Gasteiger partial charge in [-0.15, -0.1) is 0 Å². The Kier molecular flexibility index (Phi) is 5.05. The van der Waals surface area contributed by atoms with Crippen LogP contribution in [0, 0.1) is 5.82 Å². The number of halogens is 2. The van der Waals surface area contributed by atoms with E-state index in [4.69, 9.17) is 4.74 Å². The normalized spacial score (nSPS) is 10.0. The molecule has 2 aromatic rings. The minimum Gasteiger partial charge on any atom is -0.484 e. The van der Waals surface area contributed by atoms with Crippen LogP contribution in [0.1, 0.15) is 10.4 Å². The summed E-state index contributed by atoms with van der Waals surface area (Å²) in [6.45, 7) is -0.211. The van der Waals surface area contributed by atoms with E-state index >= 15 is 0 Å². The van der Waals surface area contributed by atoms with Gasteiger partial charge in [-0.3, -0.25) is 9.59 Å². The van der Waals surface area contributed by atoms with Gasteiger partial charge in [-0.2, -0.15) is 0 Å². The first-order valence-electron chi connectivity index (χ1n) is 6.01. The molecule has 108 valence electrons. The monoisotopic (exact) mass is 351 g/mol. The molecule has 0 atom stereocenters. The molecule has 1 amide bonds. The lowest BCUT2D eigenvalue weighted by molar-refractivity contribution is -0.118. The Bertz CT molecular complexity index is 658. The standard InChI is InChI=1S/C15H11BrFNO3/c16-14-6-5-13(7-10(14)8-19)21-9-15(20)18-12-3-1-11(17)2-4-12/h1-8H,9H2,(H,18,20). The van der Waals surface area contributed by atoms with Crippen molar-refractivity contribution in [2.75, 3.05) is 11.9 Å². The predicted molar refractivity (Wildman–Crippen MR) is 80.1 cm³/mol. The Labute approximate surface area is 129 Å². The van der Waals surface area contributed by atoms with Gasteiger partial charge in [-0.25, -0.2) is 4.39 Å². The van der Waals surface area contributed by atoms with Crippen molar-refractivity contribution in [2.24, 2.45) is 0 Å². The highest BCUT2D eigenvalue weighted by Gasteiger charge is 2.06. The molecule has 0 unspecified atom stereocenters. The van der Waals surface area contributed by atoms with E-state index in [1.165, 1.54) is 30.3 Å². The second-order valence-corrected chi connectivity index (χ2v) is 5.00. The number of hydrogen-bond donors (Lipinski definition) is 1. The maximum Gasteiger partial charge on any atom is 0.262 e. The lowest BCUT2D eigenvalue weighted by atomic mass is 10.2. The number of rotatable bonds is 5. The molecule has 0 aliphatic heterocycles. The van der Waals surface area contributed by atoms with Crippen molar-refractivity contribution in [3.05, 3.63) is 58.3 Å². The molecule has 4 nitrogen and oxygen atoms in total. The summed E-state index contributed by atoms with van der Waals surface area (Å²) in [6, 6.07) is 10.2. The van der Waals surface area contributed by atoms with E-state index in [-0.39, 0.29) is 18.3 Å². The number of anilines is 1. The third-order valence-corrected chi connectivity index (χ3v) is 3.31. The van der Waals surface area contributed by atoms with Crippen molar-refractivity contribution in [3.63, 3.8) is 0 Å². The number of hydrogen-bond acceptors (Lipinski definition) is 3. The fraction of sp³-hybridized carbons (Fsp3) is 0.0667. The quantitative estimate of drug-likeness (QED) is 0.839. The largest absolute Gasteiger partial charge is 0.484 e. The minimum atomic E-state index is -0.378. The van der Waals surface area contributed by atoms with Gasteiger partial charge < -0.3 is 10.1 Å². The molecule has 6 heteroatoms. The summed E-state index contributed by atoms with van der Waals surface area (Å²) >= 11 is 3.22. The zero-order chi connectivity index (χ0) is 15.2. The molecular formula is C15H11BrFNO3. The van der Waals surface area contributed by atoms with Crippen LogP contribution in [-0.2, 0) is 4.79 Å². The molecule has 0 radical (unpaired) electrons. The van der Waals surface area contributed by atoms with E-state index in [1.807, 2.05) is 0 Å². The van der Waals surface area contributed by atoms with Crippen molar-refractivity contribution in [1.29, 1.82) is 0 Å². The summed E-state index contributed by atoms with van der Waals surface area (Å²) in [4.78, 5) is 22.5. The summed E-state index contributed by atoms with van der Waals surface area (Å²) in [7, 11) is 0. The number of carbonyl (C=O) groups excluding carboxylic acids is 2. The van der Waals surface area contributed by atoms with Crippen molar-refractivity contribution >= 4 is 33.8 Å². The van der Waals surface area contributed by atoms with Crippen molar-refractivity contribution in [2.45, 2.75) is 0 Å². The molecule has 1 N–H and O–H groups in total. The second-order valence-electron chi connectivity index (χ2n) is 4.14. The van der Waals surface area contributed by atoms with Gasteiger partial charge in [0.25, 0.3) is 5.91 Å². The number of nitrogens with one attached hydrogen (secondary N) is 1. The SMILES string of the molecule is O=Cc1cc(OCC(=O)Nc2ccc(F)cc2)ccc1Br. The van der Waals surface area contributed by atoms with Gasteiger partial charge in [0.1, 0.15) is 11.6 Å². The van der Waals surface area contributed by atoms with Gasteiger partial charge in [0, 0.05) is 15.7 Å². The van der Waals surface area contributed by atoms with Gasteiger partial charge >= 0.3 is 0 Å². The summed E-state index contributed by atoms with van der Waals surface area (Å²) < 4.78 is 18.7. The zero-order valence-electron chi connectivity index (χ0n) is 10.8. The van der Waals surface area contributed by atoms with Crippen LogP contribution in [0.15, 0.2) is 46.9 Å². The molecule has 0 aliphatic rings. The molecule has 0 aromatic heterocycles. The fourth-order valence-corrected chi connectivity index (χ4v) is 1.92. The van der Waals surface area contributed by atoms with E-state index in [0.29, 0.717) is 27.8 Å². The van der Waals surface area contributed by atoms with E-state index in [9.17, 15) is 14.0 Å². The average Bonchev–Trinajstić information content (AvgIpc) is 2.49. The van der Waals surface area contributed by atoms with Crippen LogP contribution in [-0.4, -0.2) is 18.8 Å². The Hall–Kier alpha value is -2.21. The van der Waals surface area contributed by atoms with E-state index in [0.717, 1.165) is 0 Å². The van der Waals surface area contributed by atoms with E-state index in [1.54, 1.807) is 12.1 Å². The molecule has 21 heavy (non-hydrogen) atoms. The average molecular weight is 352 g/mol. The molecule has 2 aromatic carbocycles. The van der Waals surface area contributed by atoms with Gasteiger partial charge in [0.2, 0.25) is 0 Å². The zero-order valence-corrected chi connectivity index (χ0v) is 12.4. The van der Waals surface area contributed by atoms with Crippen LogP contribution in [0.25, 0.3) is 0 Å². The number of carbonyl (C=O) groups is 2. The van der Waals surface area contributed by atoms with Crippen LogP contribution in [0.3, 0.4) is 0 Å². The molecule has 0 bridgehead atoms. The van der Waals surface area contributed by atoms with Gasteiger partial charge in [-0.05, 0) is 42.5 Å². The van der Waals surface area contributed by atoms with E-state index < -0.39 is 0 Å². The minimum absolute atomic E-state index is 0.211. The number of benzene rings is 2. The molecule has 0 saturated heterocycles. The number of aldehydes is 1. The van der Waals surface area contributed by atoms with Gasteiger partial charge in [-0.1, -0.05) is 15.9 Å². The lowest BCUT2D eigenvalue weighted by Crippen LogP contribution is -2.20. The predicted octanol–water partition coefficient (Wildman–Crippen LogP) is 3.42. The molecular weight excluding hydrogens is 341 g/mol. The fourth-order valence-electron chi connectivity index (χ4n) is 1.58. The van der Waals surface area contributed by atoms with Gasteiger partial charge in [0.05, 0.1) is 0 Å². The van der Waals surface area contributed by atoms with Gasteiger partial charge in [0.15, 0.2) is 12.9 Å². The van der Waals surface area contributed by atoms with Crippen molar-refractivity contribution < 1.29 is 18.7 Å². The molecule has 0 spiro atoms. The Morgan fingerprint density at radius 3 is 2.62 bits per heavy atom. The Balaban J connectivity index is 1.92. The lowest BCUT2D eigenvalue weighted by Gasteiger charge is -2.08. The Morgan fingerprint density at radius 1 is 1.24 bits per heavy atom. The smallest absolute Gasteiger partial charge is 0.262 e. The van der Waals surface area contributed by atoms with Crippen LogP contribution < -0.4 is 10.1 Å². The number of amides is 1. The molecule has 0 fully saturated rings. The Morgan fingerprint density at radius 2 is 1.95 bits per heavy atom. The maximum absolute atomic E-state index is 12.7. The van der Waals surface area contributed by atoms with Crippen LogP contribution >= 0.6 is 15.9 Å². The molecule has 0 aliphatic carbocycles. The van der Waals surface area contributed by atoms with Crippen LogP contribution in [0.5, 0.6) is 5.75 Å². The first-order chi connectivity index (χ1) is 10.1. The summed E-state index contributed by atoms with van der Waals surface area (Å²) in [5.41, 5.74) is 0.917. The molecule has 2 rings (SSSR count). The third-order valence-electron chi connectivity index (χ3n) is 2.59. The van der Waals surface area contributed by atoms with Crippen molar-refractivity contribution in [1.82, 2.24) is 0 Å². The number of ether oxygens (including phenoxy) is 1. The summed E-state index contributed by atoms with van der Waals surface area (Å²) in [5.74, 6) is -0.341. The summed E-state index contributed by atoms with van der Waals surface area (Å²) in [6.07, 6.45) is 0.690. The maximum atomic E-state index is 12.7. The second kappa shape index (κ2) is 6.99. The topological polar surface area (TPSA) is 55.4 Å². The highest BCUT2D eigenvalue weighted by molar-refractivity contribution is 9.10. The highest BCUT2D eigenvalue weighted by Crippen LogP contribution is 2.21. The first kappa shape index (κ1) is 15.2. The third kappa shape index (κ3) is 4.39. The van der Waals surface area contributed by atoms with Crippen LogP contribution in [0.4, 0.5) is 10.1 Å².